The highest BCUT2D eigenvalue weighted by Gasteiger charge is 2.35. The van der Waals surface area contributed by atoms with Gasteiger partial charge in [0, 0.05) is 0 Å². The Morgan fingerprint density at radius 3 is 2.08 bits per heavy atom. The third-order valence-electron chi connectivity index (χ3n) is 3.42. The largest absolute Gasteiger partial charge is 0.390 e. The van der Waals surface area contributed by atoms with Crippen LogP contribution in [0.2, 0.25) is 0 Å². The molecule has 0 unspecified atom stereocenters. The molecule has 0 aromatic heterocycles. The zero-order chi connectivity index (χ0) is 9.35. The smallest absolute Gasteiger partial charge is 0.0619 e. The van der Waals surface area contributed by atoms with Crippen LogP contribution in [0.4, 0.5) is 0 Å². The van der Waals surface area contributed by atoms with Crippen molar-refractivity contribution in [2.75, 3.05) is 0 Å². The van der Waals surface area contributed by atoms with E-state index in [0.29, 0.717) is 5.92 Å². The van der Waals surface area contributed by atoms with E-state index in [4.69, 9.17) is 0 Å². The summed E-state index contributed by atoms with van der Waals surface area (Å²) < 4.78 is 0. The molecule has 0 saturated heterocycles. The van der Waals surface area contributed by atoms with Gasteiger partial charge in [0.15, 0.2) is 0 Å². The van der Waals surface area contributed by atoms with Gasteiger partial charge in [0.05, 0.1) is 5.60 Å². The molecule has 0 radical (unpaired) electrons. The van der Waals surface area contributed by atoms with Gasteiger partial charge in [-0.15, -0.1) is 0 Å². The summed E-state index contributed by atoms with van der Waals surface area (Å²) in [4.78, 5) is 0. The number of hydrogen-bond acceptors (Lipinski definition) is 1. The Labute approximate surface area is 76.2 Å². The van der Waals surface area contributed by atoms with Crippen molar-refractivity contribution >= 4 is 0 Å². The first-order chi connectivity index (χ1) is 5.41. The van der Waals surface area contributed by atoms with E-state index >= 15 is 0 Å². The third kappa shape index (κ3) is 2.22. The summed E-state index contributed by atoms with van der Waals surface area (Å²) >= 11 is 0. The molecule has 0 heterocycles. The Kier molecular flexibility index (Phi) is 2.82. The van der Waals surface area contributed by atoms with E-state index in [2.05, 4.69) is 13.8 Å². The third-order valence-corrected chi connectivity index (χ3v) is 3.42. The van der Waals surface area contributed by atoms with Crippen molar-refractivity contribution in [2.24, 2.45) is 17.8 Å². The second-order valence-electron chi connectivity index (χ2n) is 5.17. The molecular weight excluding hydrogens is 148 g/mol. The summed E-state index contributed by atoms with van der Waals surface area (Å²) in [5.41, 5.74) is -0.455. The van der Waals surface area contributed by atoms with Crippen LogP contribution in [0.5, 0.6) is 0 Å². The molecule has 1 N–H and O–H groups in total. The first kappa shape index (κ1) is 10.0. The fraction of sp³-hybridized carbons (Fsp3) is 1.00. The molecule has 0 spiro atoms. The van der Waals surface area contributed by atoms with Crippen molar-refractivity contribution < 1.29 is 5.11 Å². The average Bonchev–Trinajstić information content (AvgIpc) is 2.30. The molecular formula is C11H22O. The van der Waals surface area contributed by atoms with E-state index in [0.717, 1.165) is 11.8 Å². The van der Waals surface area contributed by atoms with Gasteiger partial charge in [-0.05, 0) is 50.9 Å². The molecule has 1 aliphatic rings. The van der Waals surface area contributed by atoms with Crippen molar-refractivity contribution in [1.82, 2.24) is 0 Å². The normalized spacial score (nSPS) is 31.5. The van der Waals surface area contributed by atoms with Gasteiger partial charge < -0.3 is 5.11 Å². The molecule has 1 fully saturated rings. The first-order valence-corrected chi connectivity index (χ1v) is 5.13. The van der Waals surface area contributed by atoms with Gasteiger partial charge in [-0.25, -0.2) is 0 Å². The fourth-order valence-electron chi connectivity index (χ4n) is 2.26. The molecule has 0 aromatic rings. The standard InChI is InChI=1S/C11H22O/c1-8(2)9-5-6-10(7-9)11(3,4)12/h8-10,12H,5-7H2,1-4H3/t9-,10-/m1/s1. The molecule has 1 rings (SSSR count). The number of aliphatic hydroxyl groups is 1. The van der Waals surface area contributed by atoms with Gasteiger partial charge in [0.2, 0.25) is 0 Å². The number of hydrogen-bond donors (Lipinski definition) is 1. The Morgan fingerprint density at radius 2 is 1.83 bits per heavy atom. The molecule has 0 aromatic carbocycles. The van der Waals surface area contributed by atoms with Crippen LogP contribution >= 0.6 is 0 Å². The van der Waals surface area contributed by atoms with Crippen molar-refractivity contribution in [3.8, 4) is 0 Å². The van der Waals surface area contributed by atoms with Gasteiger partial charge in [0.1, 0.15) is 0 Å². The Bertz CT molecular complexity index is 144. The maximum absolute atomic E-state index is 9.82. The van der Waals surface area contributed by atoms with E-state index in [1.54, 1.807) is 0 Å². The highest BCUT2D eigenvalue weighted by molar-refractivity contribution is 4.86. The lowest BCUT2D eigenvalue weighted by Crippen LogP contribution is -2.29. The van der Waals surface area contributed by atoms with Crippen LogP contribution in [0.25, 0.3) is 0 Å². The summed E-state index contributed by atoms with van der Waals surface area (Å²) in [5.74, 6) is 2.17. The van der Waals surface area contributed by atoms with Gasteiger partial charge >= 0.3 is 0 Å². The summed E-state index contributed by atoms with van der Waals surface area (Å²) in [6, 6.07) is 0. The van der Waals surface area contributed by atoms with Gasteiger partial charge in [-0.3, -0.25) is 0 Å². The van der Waals surface area contributed by atoms with Crippen LogP contribution in [0, 0.1) is 17.8 Å². The maximum Gasteiger partial charge on any atom is 0.0619 e. The monoisotopic (exact) mass is 170 g/mol. The lowest BCUT2D eigenvalue weighted by molar-refractivity contribution is 0.0174. The van der Waals surface area contributed by atoms with Crippen molar-refractivity contribution in [1.29, 1.82) is 0 Å². The van der Waals surface area contributed by atoms with Crippen molar-refractivity contribution in [3.05, 3.63) is 0 Å². The zero-order valence-electron chi connectivity index (χ0n) is 8.80. The van der Waals surface area contributed by atoms with Crippen molar-refractivity contribution in [3.63, 3.8) is 0 Å². The molecule has 2 atom stereocenters. The summed E-state index contributed by atoms with van der Waals surface area (Å²) in [6.45, 7) is 8.47. The lowest BCUT2D eigenvalue weighted by atomic mass is 9.87. The quantitative estimate of drug-likeness (QED) is 0.675. The molecule has 1 saturated carbocycles. The van der Waals surface area contributed by atoms with E-state index < -0.39 is 5.60 Å². The minimum Gasteiger partial charge on any atom is -0.390 e. The molecule has 12 heavy (non-hydrogen) atoms. The topological polar surface area (TPSA) is 20.2 Å². The number of rotatable bonds is 2. The van der Waals surface area contributed by atoms with Gasteiger partial charge in [-0.2, -0.15) is 0 Å². The van der Waals surface area contributed by atoms with Crippen LogP contribution in [0.15, 0.2) is 0 Å². The van der Waals surface area contributed by atoms with Crippen LogP contribution in [-0.2, 0) is 0 Å². The van der Waals surface area contributed by atoms with Gasteiger partial charge in [0.25, 0.3) is 0 Å². The van der Waals surface area contributed by atoms with Crippen LogP contribution < -0.4 is 0 Å². The Morgan fingerprint density at radius 1 is 1.25 bits per heavy atom. The summed E-state index contributed by atoms with van der Waals surface area (Å²) in [6.07, 6.45) is 3.75. The lowest BCUT2D eigenvalue weighted by Gasteiger charge is -2.26. The fourth-order valence-corrected chi connectivity index (χ4v) is 2.26. The van der Waals surface area contributed by atoms with E-state index in [-0.39, 0.29) is 0 Å². The van der Waals surface area contributed by atoms with E-state index in [9.17, 15) is 5.11 Å². The van der Waals surface area contributed by atoms with Crippen LogP contribution in [-0.4, -0.2) is 10.7 Å². The van der Waals surface area contributed by atoms with Crippen LogP contribution in [0.1, 0.15) is 47.0 Å². The molecule has 0 aliphatic heterocycles. The van der Waals surface area contributed by atoms with E-state index in [1.807, 2.05) is 13.8 Å². The second-order valence-corrected chi connectivity index (χ2v) is 5.17. The molecule has 72 valence electrons. The Balaban J connectivity index is 2.46. The highest BCUT2D eigenvalue weighted by Crippen LogP contribution is 2.40. The minimum atomic E-state index is -0.455. The SMILES string of the molecule is CC(C)[C@@H]1CC[C@@H](C(C)(C)O)C1. The van der Waals surface area contributed by atoms with Crippen molar-refractivity contribution in [2.45, 2.75) is 52.6 Å². The Hall–Kier alpha value is -0.0400. The predicted octanol–water partition coefficient (Wildman–Crippen LogP) is 2.83. The first-order valence-electron chi connectivity index (χ1n) is 5.13. The zero-order valence-corrected chi connectivity index (χ0v) is 8.80. The van der Waals surface area contributed by atoms with Gasteiger partial charge in [-0.1, -0.05) is 13.8 Å². The minimum absolute atomic E-state index is 0.455. The highest BCUT2D eigenvalue weighted by atomic mass is 16.3. The summed E-state index contributed by atoms with van der Waals surface area (Å²) in [5, 5.41) is 9.82. The molecule has 0 bridgehead atoms. The van der Waals surface area contributed by atoms with E-state index in [1.165, 1.54) is 19.3 Å². The molecule has 1 heteroatoms. The molecule has 1 nitrogen and oxygen atoms in total. The molecule has 0 amide bonds. The maximum atomic E-state index is 9.82. The molecule has 1 aliphatic carbocycles. The van der Waals surface area contributed by atoms with Crippen LogP contribution in [0.3, 0.4) is 0 Å². The summed E-state index contributed by atoms with van der Waals surface area (Å²) in [7, 11) is 0. The average molecular weight is 170 g/mol. The second kappa shape index (κ2) is 3.37. The predicted molar refractivity (Wildman–Crippen MR) is 52.0 cm³/mol.